The van der Waals surface area contributed by atoms with Gasteiger partial charge in [0.1, 0.15) is 12.4 Å². The monoisotopic (exact) mass is 488 g/mol. The number of aliphatic hydroxyl groups is 1. The predicted molar refractivity (Wildman–Crippen MR) is 138 cm³/mol. The van der Waals surface area contributed by atoms with Crippen molar-refractivity contribution < 1.29 is 19.4 Å². The molecule has 0 aliphatic carbocycles. The van der Waals surface area contributed by atoms with Crippen molar-refractivity contribution in [2.24, 2.45) is 5.92 Å². The Balaban J connectivity index is 1.65. The molecule has 7 heteroatoms. The first-order valence-electron chi connectivity index (χ1n) is 12.3. The van der Waals surface area contributed by atoms with E-state index in [9.17, 15) is 9.90 Å². The normalized spacial score (nSPS) is 16.9. The Bertz CT molecular complexity index is 896. The fourth-order valence-corrected chi connectivity index (χ4v) is 5.10. The van der Waals surface area contributed by atoms with E-state index in [1.807, 2.05) is 34.1 Å². The van der Waals surface area contributed by atoms with E-state index in [4.69, 9.17) is 9.47 Å². The molecule has 6 nitrogen and oxygen atoms in total. The number of ether oxygens (including phenoxy) is 2. The average molecular weight is 489 g/mol. The van der Waals surface area contributed by atoms with E-state index >= 15 is 0 Å². The van der Waals surface area contributed by atoms with Crippen molar-refractivity contribution in [2.75, 3.05) is 39.5 Å². The third-order valence-electron chi connectivity index (χ3n) is 6.12. The fourth-order valence-electron chi connectivity index (χ4n) is 4.17. The van der Waals surface area contributed by atoms with Gasteiger partial charge in [0, 0.05) is 30.6 Å². The summed E-state index contributed by atoms with van der Waals surface area (Å²) in [5, 5.41) is 12.6. The molecule has 2 aromatic rings. The van der Waals surface area contributed by atoms with Gasteiger partial charge in [0.25, 0.3) is 0 Å². The van der Waals surface area contributed by atoms with E-state index in [1.165, 1.54) is 16.0 Å². The Kier molecular flexibility index (Phi) is 9.95. The number of aliphatic hydroxyl groups excluding tert-OH is 1. The van der Waals surface area contributed by atoms with Crippen LogP contribution in [0, 0.1) is 12.8 Å². The van der Waals surface area contributed by atoms with Crippen molar-refractivity contribution >= 4 is 17.2 Å². The minimum absolute atomic E-state index is 0.0679. The summed E-state index contributed by atoms with van der Waals surface area (Å²) in [4.78, 5) is 18.8. The molecular weight excluding hydrogens is 448 g/mol. The molecule has 1 N–H and O–H groups in total. The zero-order valence-corrected chi connectivity index (χ0v) is 22.0. The highest BCUT2D eigenvalue weighted by molar-refractivity contribution is 7.10. The second kappa shape index (κ2) is 12.7. The van der Waals surface area contributed by atoms with Crippen molar-refractivity contribution in [2.45, 2.75) is 59.2 Å². The van der Waals surface area contributed by atoms with Crippen molar-refractivity contribution in [1.82, 2.24) is 9.80 Å². The number of carbonyl (C=O) groups excluding carboxylic acids is 1. The lowest BCUT2D eigenvalue weighted by molar-refractivity contribution is -0.137. The van der Waals surface area contributed by atoms with E-state index in [-0.39, 0.29) is 31.1 Å². The number of hydrogen-bond acceptors (Lipinski definition) is 6. The minimum atomic E-state index is -0.626. The summed E-state index contributed by atoms with van der Waals surface area (Å²) in [6.07, 6.45) is 0.243. The Hall–Kier alpha value is -1.93. The molecule has 2 atom stereocenters. The highest BCUT2D eigenvalue weighted by atomic mass is 32.1. The zero-order chi connectivity index (χ0) is 24.7. The molecular formula is C27H40N2O4S. The molecule has 0 fully saturated rings. The number of fused-ring (bicyclic) bond motifs is 1. The fraction of sp³-hybridized carbons (Fsp3) is 0.593. The Morgan fingerprint density at radius 3 is 2.59 bits per heavy atom. The highest BCUT2D eigenvalue weighted by Gasteiger charge is 2.33. The number of hydrogen-bond donors (Lipinski definition) is 1. The van der Waals surface area contributed by atoms with Crippen LogP contribution in [0.25, 0.3) is 0 Å². The largest absolute Gasteiger partial charge is 0.491 e. The second-order valence-corrected chi connectivity index (χ2v) is 10.9. The maximum absolute atomic E-state index is 13.5. The Morgan fingerprint density at radius 2 is 1.91 bits per heavy atom. The van der Waals surface area contributed by atoms with Crippen LogP contribution in [-0.4, -0.2) is 72.4 Å². The minimum Gasteiger partial charge on any atom is -0.491 e. The van der Waals surface area contributed by atoms with Crippen LogP contribution in [0.15, 0.2) is 35.7 Å². The topological polar surface area (TPSA) is 62.2 Å². The van der Waals surface area contributed by atoms with Gasteiger partial charge in [-0.05, 0) is 62.3 Å². The van der Waals surface area contributed by atoms with E-state index < -0.39 is 6.10 Å². The number of amides is 1. The molecule has 188 valence electrons. The molecule has 1 aromatic heterocycles. The van der Waals surface area contributed by atoms with Crippen molar-refractivity contribution in [3.63, 3.8) is 0 Å². The first-order valence-corrected chi connectivity index (χ1v) is 13.2. The van der Waals surface area contributed by atoms with Gasteiger partial charge in [-0.15, -0.1) is 11.3 Å². The van der Waals surface area contributed by atoms with Crippen LogP contribution in [0.5, 0.6) is 5.75 Å². The maximum atomic E-state index is 13.5. The predicted octanol–water partition coefficient (Wildman–Crippen LogP) is 4.31. The maximum Gasteiger partial charge on any atom is 0.237 e. The molecule has 1 aromatic carbocycles. The third-order valence-corrected chi connectivity index (χ3v) is 7.12. The van der Waals surface area contributed by atoms with Crippen LogP contribution in [0.2, 0.25) is 0 Å². The van der Waals surface area contributed by atoms with E-state index in [1.54, 1.807) is 11.3 Å². The molecule has 1 amide bonds. The number of thiophene rings is 1. The van der Waals surface area contributed by atoms with Gasteiger partial charge in [-0.25, -0.2) is 0 Å². The quantitative estimate of drug-likeness (QED) is 0.483. The summed E-state index contributed by atoms with van der Waals surface area (Å²) < 4.78 is 11.7. The van der Waals surface area contributed by atoms with Gasteiger partial charge in [0.2, 0.25) is 5.91 Å². The molecule has 0 radical (unpaired) electrons. The smallest absolute Gasteiger partial charge is 0.237 e. The molecule has 1 aliphatic rings. The number of rotatable bonds is 12. The van der Waals surface area contributed by atoms with Crippen LogP contribution >= 0.6 is 11.3 Å². The lowest BCUT2D eigenvalue weighted by atomic mass is 10.00. The molecule has 0 spiro atoms. The van der Waals surface area contributed by atoms with Gasteiger partial charge in [-0.3, -0.25) is 9.69 Å². The van der Waals surface area contributed by atoms with Crippen molar-refractivity contribution in [3.8, 4) is 5.75 Å². The second-order valence-electron chi connectivity index (χ2n) is 9.88. The van der Waals surface area contributed by atoms with Gasteiger partial charge in [0.15, 0.2) is 0 Å². The summed E-state index contributed by atoms with van der Waals surface area (Å²) >= 11 is 1.75. The summed E-state index contributed by atoms with van der Waals surface area (Å²) in [7, 11) is 0. The molecule has 0 saturated heterocycles. The van der Waals surface area contributed by atoms with Gasteiger partial charge in [-0.1, -0.05) is 31.5 Å². The first kappa shape index (κ1) is 26.7. The number of benzene rings is 1. The van der Waals surface area contributed by atoms with Crippen LogP contribution in [0.1, 0.15) is 49.7 Å². The first-order chi connectivity index (χ1) is 16.2. The number of nitrogens with zero attached hydrogens (tertiary/aromatic N) is 2. The van der Waals surface area contributed by atoms with Crippen molar-refractivity contribution in [3.05, 3.63) is 51.7 Å². The molecule has 2 unspecified atom stereocenters. The van der Waals surface area contributed by atoms with Gasteiger partial charge < -0.3 is 19.5 Å². The van der Waals surface area contributed by atoms with E-state index in [2.05, 4.69) is 46.1 Å². The van der Waals surface area contributed by atoms with Crippen LogP contribution in [0.4, 0.5) is 0 Å². The summed E-state index contributed by atoms with van der Waals surface area (Å²) in [5.74, 6) is 1.31. The van der Waals surface area contributed by atoms with Crippen molar-refractivity contribution in [1.29, 1.82) is 0 Å². The molecule has 1 aliphatic heterocycles. The lowest BCUT2D eigenvalue weighted by Crippen LogP contribution is -2.49. The van der Waals surface area contributed by atoms with Crippen LogP contribution in [-0.2, 0) is 16.0 Å². The van der Waals surface area contributed by atoms with E-state index in [0.29, 0.717) is 32.2 Å². The molecule has 2 heterocycles. The molecule has 0 saturated carbocycles. The SMILES string of the molecule is Cc1ccc(OCC2c3ccsc3CCN2C(=O)CN(CC(O)COCC(C)C)C(C)C)cc1. The van der Waals surface area contributed by atoms with Gasteiger partial charge in [-0.2, -0.15) is 0 Å². The number of carbonyl (C=O) groups is 1. The van der Waals surface area contributed by atoms with Gasteiger partial charge >= 0.3 is 0 Å². The van der Waals surface area contributed by atoms with E-state index in [0.717, 1.165) is 12.2 Å². The number of aryl methyl sites for hydroxylation is 1. The third kappa shape index (κ3) is 7.54. The summed E-state index contributed by atoms with van der Waals surface area (Å²) in [5.41, 5.74) is 2.38. The standard InChI is InChI=1S/C27H40N2O4S/c1-19(2)16-32-17-22(30)14-28(20(3)4)15-27(31)29-12-10-26-24(11-13-34-26)25(29)18-33-23-8-6-21(5)7-9-23/h6-9,11,13,19-20,22,25,30H,10,12,14-18H2,1-5H3. The summed E-state index contributed by atoms with van der Waals surface area (Å²) in [6.45, 7) is 13.0. The van der Waals surface area contributed by atoms with Crippen LogP contribution in [0.3, 0.4) is 0 Å². The average Bonchev–Trinajstić information content (AvgIpc) is 3.26. The zero-order valence-electron chi connectivity index (χ0n) is 21.2. The molecule has 0 bridgehead atoms. The Labute approximate surface area is 208 Å². The molecule has 3 rings (SSSR count). The lowest BCUT2D eigenvalue weighted by Gasteiger charge is -2.38. The van der Waals surface area contributed by atoms with Gasteiger partial charge in [0.05, 0.1) is 25.3 Å². The van der Waals surface area contributed by atoms with Crippen LogP contribution < -0.4 is 4.74 Å². The summed E-state index contributed by atoms with van der Waals surface area (Å²) in [6, 6.07) is 10.2. The molecule has 34 heavy (non-hydrogen) atoms. The highest BCUT2D eigenvalue weighted by Crippen LogP contribution is 2.34. The Morgan fingerprint density at radius 1 is 1.18 bits per heavy atom.